The van der Waals surface area contributed by atoms with E-state index < -0.39 is 0 Å². The Bertz CT molecular complexity index is 3400. The van der Waals surface area contributed by atoms with Gasteiger partial charge in [0.15, 0.2) is 5.58 Å². The van der Waals surface area contributed by atoms with E-state index in [1.807, 2.05) is 0 Å². The van der Waals surface area contributed by atoms with Crippen molar-refractivity contribution in [2.75, 3.05) is 9.80 Å². The number of para-hydroxylation sites is 1. The van der Waals surface area contributed by atoms with Crippen LogP contribution in [0.3, 0.4) is 0 Å². The van der Waals surface area contributed by atoms with Gasteiger partial charge in [0.05, 0.1) is 16.9 Å². The van der Waals surface area contributed by atoms with Crippen LogP contribution in [0.5, 0.6) is 0 Å². The molecule has 0 amide bonds. The van der Waals surface area contributed by atoms with E-state index in [0.29, 0.717) is 0 Å². The molecule has 2 saturated carbocycles. The van der Waals surface area contributed by atoms with Gasteiger partial charge in [0.25, 0.3) is 6.71 Å². The summed E-state index contributed by atoms with van der Waals surface area (Å²) in [6.45, 7) is 39.2. The minimum absolute atomic E-state index is 0.000353. The molecule has 2 aliphatic carbocycles. The minimum Gasteiger partial charge on any atom is -0.454 e. The Balaban J connectivity index is 1.20. The molecule has 0 N–H and O–H groups in total. The molecule has 4 unspecified atom stereocenters. The maximum absolute atomic E-state index is 7.29. The van der Waals surface area contributed by atoms with Crippen molar-refractivity contribution >= 4 is 73.5 Å². The quantitative estimate of drug-likeness (QED) is 0.164. The zero-order chi connectivity index (χ0) is 51.0. The summed E-state index contributed by atoms with van der Waals surface area (Å²) in [5.74, 6) is 0. The molecular formula is C68H81BN2O. The second-order valence-corrected chi connectivity index (χ2v) is 27.9. The number of furan rings is 1. The maximum atomic E-state index is 7.29. The van der Waals surface area contributed by atoms with Crippen molar-refractivity contribution in [3.63, 3.8) is 0 Å². The molecule has 12 rings (SSSR count). The average molecular weight is 953 g/mol. The summed E-state index contributed by atoms with van der Waals surface area (Å²) >= 11 is 0. The third kappa shape index (κ3) is 6.54. The summed E-state index contributed by atoms with van der Waals surface area (Å²) in [4.78, 5) is 5.69. The number of anilines is 5. The summed E-state index contributed by atoms with van der Waals surface area (Å²) in [5, 5.41) is 2.36. The van der Waals surface area contributed by atoms with E-state index in [9.17, 15) is 0 Å². The second kappa shape index (κ2) is 15.4. The fourth-order valence-electron chi connectivity index (χ4n) is 15.6. The lowest BCUT2D eigenvalue weighted by Gasteiger charge is -2.53. The lowest BCUT2D eigenvalue weighted by molar-refractivity contribution is 0.0873. The zero-order valence-electron chi connectivity index (χ0n) is 46.9. The first-order valence-corrected chi connectivity index (χ1v) is 27.9. The van der Waals surface area contributed by atoms with E-state index in [-0.39, 0.29) is 44.7 Å². The number of hydrogen-bond acceptors (Lipinski definition) is 3. The Morgan fingerprint density at radius 3 is 1.83 bits per heavy atom. The first kappa shape index (κ1) is 47.8. The highest BCUT2D eigenvalue weighted by molar-refractivity contribution is 7.00. The topological polar surface area (TPSA) is 19.6 Å². The standard InChI is InChI=1S/C68H81BN2O/c1-41-25-26-45(62(4,5)6)37-50(41)66(14)30-20-19-29-65(66,13)40-44-35-54-57-55(36-44)71-59-51(67(15)31-21-22-32-68(67,71)16)38-47(64(10,11)12)39-53(59)69(57)52-28-27-49-48-23-17-18-24-56(48)72-61(49)60(52)70(54)58-42(2)33-46(34-43(58)3)63(7,8)9/h17-18,23-28,33-39H,19-22,29-32,40H2,1-16H3. The van der Waals surface area contributed by atoms with Crippen molar-refractivity contribution in [3.8, 4) is 0 Å². The predicted octanol–water partition coefficient (Wildman–Crippen LogP) is 16.8. The molecular weight excluding hydrogens is 872 g/mol. The van der Waals surface area contributed by atoms with Crippen molar-refractivity contribution in [1.29, 1.82) is 0 Å². The molecule has 3 nitrogen and oxygen atoms in total. The largest absolute Gasteiger partial charge is 0.454 e. The monoisotopic (exact) mass is 953 g/mol. The predicted molar refractivity (Wildman–Crippen MR) is 310 cm³/mol. The van der Waals surface area contributed by atoms with E-state index >= 15 is 0 Å². The van der Waals surface area contributed by atoms with Gasteiger partial charge in [0, 0.05) is 33.2 Å². The summed E-state index contributed by atoms with van der Waals surface area (Å²) in [7, 11) is 0. The Labute approximate surface area is 433 Å². The number of nitrogens with zero attached hydrogens (tertiary/aromatic N) is 2. The van der Waals surface area contributed by atoms with Gasteiger partial charge in [-0.25, -0.2) is 0 Å². The third-order valence-corrected chi connectivity index (χ3v) is 20.3. The number of rotatable bonds is 4. The molecule has 4 heteroatoms. The van der Waals surface area contributed by atoms with Crippen molar-refractivity contribution in [3.05, 3.63) is 141 Å². The Hall–Kier alpha value is -5.22. The van der Waals surface area contributed by atoms with Crippen molar-refractivity contribution < 1.29 is 4.42 Å². The second-order valence-electron chi connectivity index (χ2n) is 27.9. The van der Waals surface area contributed by atoms with Crippen molar-refractivity contribution in [1.82, 2.24) is 0 Å². The van der Waals surface area contributed by atoms with Crippen LogP contribution in [0.1, 0.15) is 191 Å². The van der Waals surface area contributed by atoms with Crippen LogP contribution in [-0.4, -0.2) is 12.3 Å². The number of aryl methyl sites for hydroxylation is 3. The van der Waals surface area contributed by atoms with Gasteiger partial charge >= 0.3 is 0 Å². The summed E-state index contributed by atoms with van der Waals surface area (Å²) in [5.41, 5.74) is 25.9. The van der Waals surface area contributed by atoms with Gasteiger partial charge in [-0.3, -0.25) is 0 Å². The molecule has 7 aromatic rings. The fraction of sp³-hybridized carbons (Fsp3) is 0.471. The molecule has 3 aliphatic heterocycles. The Morgan fingerprint density at radius 1 is 0.528 bits per heavy atom. The van der Waals surface area contributed by atoms with Crippen LogP contribution in [0.25, 0.3) is 21.9 Å². The molecule has 4 atom stereocenters. The van der Waals surface area contributed by atoms with Crippen LogP contribution in [0.15, 0.2) is 95.4 Å². The van der Waals surface area contributed by atoms with E-state index in [1.165, 1.54) is 146 Å². The number of hydrogen-bond donors (Lipinski definition) is 0. The molecule has 5 aliphatic rings. The van der Waals surface area contributed by atoms with Gasteiger partial charge in [-0.2, -0.15) is 0 Å². The molecule has 2 fully saturated rings. The van der Waals surface area contributed by atoms with Gasteiger partial charge in [0.1, 0.15) is 5.58 Å². The highest BCUT2D eigenvalue weighted by atomic mass is 16.3. The smallest absolute Gasteiger partial charge is 0.252 e. The van der Waals surface area contributed by atoms with Gasteiger partial charge in [-0.15, -0.1) is 0 Å². The Kier molecular flexibility index (Phi) is 10.2. The summed E-state index contributed by atoms with van der Waals surface area (Å²) in [6, 6.07) is 36.8. The van der Waals surface area contributed by atoms with Gasteiger partial charge in [-0.05, 0) is 172 Å². The fourth-order valence-corrected chi connectivity index (χ4v) is 15.6. The normalized spacial score (nSPS) is 24.7. The van der Waals surface area contributed by atoms with Crippen LogP contribution in [-0.2, 0) is 33.5 Å². The third-order valence-electron chi connectivity index (χ3n) is 20.3. The first-order valence-electron chi connectivity index (χ1n) is 27.9. The molecule has 372 valence electrons. The molecule has 0 spiro atoms. The highest BCUT2D eigenvalue weighted by Gasteiger charge is 2.62. The van der Waals surface area contributed by atoms with Crippen LogP contribution in [0, 0.1) is 26.2 Å². The van der Waals surface area contributed by atoms with Crippen molar-refractivity contribution in [2.24, 2.45) is 5.41 Å². The molecule has 0 radical (unpaired) electrons. The molecule has 72 heavy (non-hydrogen) atoms. The zero-order valence-corrected chi connectivity index (χ0v) is 46.9. The van der Waals surface area contributed by atoms with E-state index in [1.54, 1.807) is 11.1 Å². The van der Waals surface area contributed by atoms with E-state index in [0.717, 1.165) is 17.6 Å². The molecule has 6 aromatic carbocycles. The van der Waals surface area contributed by atoms with Crippen LogP contribution >= 0.6 is 0 Å². The lowest BCUT2D eigenvalue weighted by Crippen LogP contribution is -2.64. The molecule has 0 bridgehead atoms. The van der Waals surface area contributed by atoms with E-state index in [2.05, 4.69) is 212 Å². The molecule has 0 saturated heterocycles. The SMILES string of the molecule is Cc1ccc(C(C)(C)C)cc1C1(C)CCCCC1(C)Cc1cc2c3c(c1)N1c4c(cc(C(C)(C)C)cc4C4(C)CCCCC14C)B3c1ccc3c(oc4ccccc43)c1N2c1c(C)cc(C(C)(C)C)cc1C. The average Bonchev–Trinajstić information content (AvgIpc) is 3.78. The van der Waals surface area contributed by atoms with Crippen LogP contribution < -0.4 is 26.2 Å². The minimum atomic E-state index is -0.0854. The molecule has 1 aromatic heterocycles. The van der Waals surface area contributed by atoms with E-state index in [4.69, 9.17) is 4.42 Å². The highest BCUT2D eigenvalue weighted by Crippen LogP contribution is 2.63. The maximum Gasteiger partial charge on any atom is 0.252 e. The van der Waals surface area contributed by atoms with Gasteiger partial charge in [-0.1, -0.05) is 182 Å². The number of benzene rings is 6. The van der Waals surface area contributed by atoms with Crippen LogP contribution in [0.2, 0.25) is 0 Å². The summed E-state index contributed by atoms with van der Waals surface area (Å²) < 4.78 is 7.29. The van der Waals surface area contributed by atoms with Gasteiger partial charge < -0.3 is 14.2 Å². The Morgan fingerprint density at radius 2 is 1.14 bits per heavy atom. The van der Waals surface area contributed by atoms with Crippen molar-refractivity contribution in [2.45, 2.75) is 201 Å². The lowest BCUT2D eigenvalue weighted by atomic mass is 9.33. The summed E-state index contributed by atoms with van der Waals surface area (Å²) in [6.07, 6.45) is 10.9. The first-order chi connectivity index (χ1) is 33.8. The van der Waals surface area contributed by atoms with Crippen LogP contribution in [0.4, 0.5) is 28.4 Å². The molecule has 4 heterocycles. The number of fused-ring (bicyclic) bond motifs is 11. The van der Waals surface area contributed by atoms with Gasteiger partial charge in [0.2, 0.25) is 0 Å².